The second kappa shape index (κ2) is 10.4. The number of carbonyl (C=O) groups excluding carboxylic acids is 1. The van der Waals surface area contributed by atoms with Crippen molar-refractivity contribution in [3.8, 4) is 5.75 Å². The molecule has 1 atom stereocenters. The first-order valence-corrected chi connectivity index (χ1v) is 14.4. The van der Waals surface area contributed by atoms with Gasteiger partial charge < -0.3 is 4.74 Å². The number of hydrogen-bond donors (Lipinski definition) is 1. The van der Waals surface area contributed by atoms with Crippen molar-refractivity contribution in [1.29, 1.82) is 0 Å². The Balaban J connectivity index is 1.42. The number of rotatable bonds is 8. The number of alkyl halides is 1. The van der Waals surface area contributed by atoms with E-state index in [0.29, 0.717) is 28.7 Å². The fourth-order valence-electron chi connectivity index (χ4n) is 4.50. The summed E-state index contributed by atoms with van der Waals surface area (Å²) in [6.07, 6.45) is 2.95. The fraction of sp³-hybridized carbons (Fsp3) is 0.480. The van der Waals surface area contributed by atoms with E-state index in [-0.39, 0.29) is 42.7 Å². The van der Waals surface area contributed by atoms with Crippen molar-refractivity contribution >= 4 is 39.1 Å². The Kier molecular flexibility index (Phi) is 7.86. The van der Waals surface area contributed by atoms with E-state index in [1.807, 2.05) is 19.1 Å². The predicted octanol–water partition coefficient (Wildman–Crippen LogP) is 5.64. The number of likely N-dealkylation sites (tertiary alicyclic amines) is 1. The molecule has 1 amide bonds. The van der Waals surface area contributed by atoms with Gasteiger partial charge in [0.15, 0.2) is 0 Å². The van der Waals surface area contributed by atoms with Crippen LogP contribution in [-0.2, 0) is 10.0 Å². The third kappa shape index (κ3) is 6.68. The van der Waals surface area contributed by atoms with Crippen LogP contribution in [0.25, 0.3) is 0 Å². The summed E-state index contributed by atoms with van der Waals surface area (Å²) in [4.78, 5) is 14.4. The number of sulfonamides is 1. The summed E-state index contributed by atoms with van der Waals surface area (Å²) in [5, 5.41) is 1.10. The lowest BCUT2D eigenvalue weighted by molar-refractivity contribution is 0.00614. The minimum Gasteiger partial charge on any atom is -0.490 e. The van der Waals surface area contributed by atoms with Crippen molar-refractivity contribution in [2.45, 2.75) is 50.2 Å². The summed E-state index contributed by atoms with van der Waals surface area (Å²) in [5.41, 5.74) is -0.429. The van der Waals surface area contributed by atoms with Crippen molar-refractivity contribution in [3.05, 3.63) is 62.9 Å². The number of halogens is 4. The van der Waals surface area contributed by atoms with Crippen LogP contribution in [0.3, 0.4) is 0 Å². The zero-order chi connectivity index (χ0) is 26.3. The molecule has 1 unspecified atom stereocenters. The van der Waals surface area contributed by atoms with E-state index < -0.39 is 27.4 Å². The predicted molar refractivity (Wildman–Crippen MR) is 136 cm³/mol. The summed E-state index contributed by atoms with van der Waals surface area (Å²) in [6.45, 7) is 2.78. The van der Waals surface area contributed by atoms with E-state index >= 15 is 4.39 Å². The third-order valence-electron chi connectivity index (χ3n) is 6.73. The van der Waals surface area contributed by atoms with Crippen molar-refractivity contribution in [3.63, 3.8) is 0 Å². The number of carbonyl (C=O) groups is 1. The molecule has 1 heterocycles. The molecule has 0 aromatic heterocycles. The molecule has 1 saturated heterocycles. The van der Waals surface area contributed by atoms with Gasteiger partial charge in [0.05, 0.1) is 11.8 Å². The molecule has 2 fully saturated rings. The molecule has 6 nitrogen and oxygen atoms in total. The SMILES string of the molecule is CC(c1cc(Cl)cc(Cl)c1)N1CCC(F)(COc2cc(F)c(C(=O)NS(C)(=O)=O)cc2C2CC2)CC1. The monoisotopic (exact) mass is 560 g/mol. The summed E-state index contributed by atoms with van der Waals surface area (Å²) in [7, 11) is -3.85. The van der Waals surface area contributed by atoms with E-state index in [4.69, 9.17) is 27.9 Å². The van der Waals surface area contributed by atoms with Gasteiger partial charge in [-0.1, -0.05) is 23.2 Å². The van der Waals surface area contributed by atoms with Crippen molar-refractivity contribution in [2.75, 3.05) is 26.0 Å². The number of benzene rings is 2. The Morgan fingerprint density at radius 1 is 1.17 bits per heavy atom. The van der Waals surface area contributed by atoms with Crippen LogP contribution in [0.1, 0.15) is 66.1 Å². The largest absolute Gasteiger partial charge is 0.490 e. The standard InChI is InChI=1S/C25H28Cl2F2N2O4S/c1-15(17-9-18(26)11-19(27)10-17)31-7-5-25(29,6-8-31)14-35-23-13-22(28)21(12-20(23)16-3-4-16)24(32)30-36(2,33)34/h9-13,15-16H,3-8,14H2,1-2H3,(H,30,32). The van der Waals surface area contributed by atoms with Gasteiger partial charge >= 0.3 is 0 Å². The van der Waals surface area contributed by atoms with E-state index in [1.54, 1.807) is 10.8 Å². The molecule has 0 radical (unpaired) electrons. The maximum atomic E-state index is 15.6. The molecule has 196 valence electrons. The molecule has 0 bridgehead atoms. The van der Waals surface area contributed by atoms with E-state index in [2.05, 4.69) is 4.90 Å². The van der Waals surface area contributed by atoms with Gasteiger partial charge in [-0.25, -0.2) is 21.9 Å². The molecule has 1 saturated carbocycles. The second-order valence-electron chi connectivity index (χ2n) is 9.70. The molecule has 4 rings (SSSR count). The maximum Gasteiger partial charge on any atom is 0.267 e. The highest BCUT2D eigenvalue weighted by atomic mass is 35.5. The fourth-order valence-corrected chi connectivity index (χ4v) is 5.49. The van der Waals surface area contributed by atoms with E-state index in [9.17, 15) is 17.6 Å². The topological polar surface area (TPSA) is 75.7 Å². The Bertz CT molecular complexity index is 1240. The first-order chi connectivity index (χ1) is 16.8. The van der Waals surface area contributed by atoms with E-state index in [1.165, 1.54) is 6.07 Å². The summed E-state index contributed by atoms with van der Waals surface area (Å²) in [5.74, 6) is -1.72. The maximum absolute atomic E-state index is 15.6. The van der Waals surface area contributed by atoms with E-state index in [0.717, 1.165) is 30.7 Å². The molecule has 1 aliphatic heterocycles. The van der Waals surface area contributed by atoms with Gasteiger partial charge in [-0.3, -0.25) is 9.69 Å². The molecule has 0 spiro atoms. The van der Waals surface area contributed by atoms with Crippen LogP contribution in [0, 0.1) is 5.82 Å². The molecule has 1 aliphatic carbocycles. The van der Waals surface area contributed by atoms with Crippen LogP contribution in [0.2, 0.25) is 10.0 Å². The summed E-state index contributed by atoms with van der Waals surface area (Å²) in [6, 6.07) is 7.75. The van der Waals surface area contributed by atoms with Crippen LogP contribution in [-0.4, -0.2) is 50.8 Å². The number of piperidine rings is 1. The van der Waals surface area contributed by atoms with Crippen LogP contribution < -0.4 is 9.46 Å². The molecular formula is C25H28Cl2F2N2O4S. The Hall–Kier alpha value is -1.94. The lowest BCUT2D eigenvalue weighted by Crippen LogP contribution is -2.45. The van der Waals surface area contributed by atoms with Crippen molar-refractivity contribution in [2.24, 2.45) is 0 Å². The zero-order valence-electron chi connectivity index (χ0n) is 20.0. The number of hydrogen-bond acceptors (Lipinski definition) is 5. The average Bonchev–Trinajstić information content (AvgIpc) is 3.61. The molecule has 2 aliphatic rings. The van der Waals surface area contributed by atoms with Gasteiger partial charge in [0, 0.05) is 35.2 Å². The average molecular weight is 561 g/mol. The normalized spacial score (nSPS) is 19.1. The minimum absolute atomic E-state index is 0.00728. The Morgan fingerprint density at radius 3 is 2.33 bits per heavy atom. The molecule has 2 aromatic carbocycles. The second-order valence-corrected chi connectivity index (χ2v) is 12.3. The smallest absolute Gasteiger partial charge is 0.267 e. The third-order valence-corrected chi connectivity index (χ3v) is 7.73. The lowest BCUT2D eigenvalue weighted by atomic mass is 9.92. The number of nitrogens with zero attached hydrogens (tertiary/aromatic N) is 1. The molecule has 36 heavy (non-hydrogen) atoms. The lowest BCUT2D eigenvalue weighted by Gasteiger charge is -2.39. The highest BCUT2D eigenvalue weighted by molar-refractivity contribution is 7.89. The van der Waals surface area contributed by atoms with Gasteiger partial charge in [-0.15, -0.1) is 0 Å². The first-order valence-electron chi connectivity index (χ1n) is 11.7. The van der Waals surface area contributed by atoms with Crippen LogP contribution in [0.15, 0.2) is 30.3 Å². The van der Waals surface area contributed by atoms with Crippen LogP contribution in [0.5, 0.6) is 5.75 Å². The highest BCUT2D eigenvalue weighted by Crippen LogP contribution is 2.45. The first kappa shape index (κ1) is 27.1. The number of amides is 1. The quantitative estimate of drug-likeness (QED) is 0.452. The van der Waals surface area contributed by atoms with Gasteiger partial charge in [-0.05, 0) is 73.9 Å². The molecule has 1 N–H and O–H groups in total. The Labute approximate surface area is 220 Å². The molecular weight excluding hydrogens is 533 g/mol. The summed E-state index contributed by atoms with van der Waals surface area (Å²) >= 11 is 12.3. The van der Waals surface area contributed by atoms with Gasteiger partial charge in [0.25, 0.3) is 5.91 Å². The number of ether oxygens (including phenoxy) is 1. The van der Waals surface area contributed by atoms with Gasteiger partial charge in [-0.2, -0.15) is 0 Å². The Morgan fingerprint density at radius 2 is 1.78 bits per heavy atom. The minimum atomic E-state index is -3.85. The molecule has 2 aromatic rings. The van der Waals surface area contributed by atoms with Gasteiger partial charge in [0.1, 0.15) is 23.8 Å². The summed E-state index contributed by atoms with van der Waals surface area (Å²) < 4.78 is 60.7. The van der Waals surface area contributed by atoms with Crippen LogP contribution in [0.4, 0.5) is 8.78 Å². The molecule has 11 heteroatoms. The zero-order valence-corrected chi connectivity index (χ0v) is 22.3. The van der Waals surface area contributed by atoms with Gasteiger partial charge in [0.2, 0.25) is 10.0 Å². The van der Waals surface area contributed by atoms with Crippen molar-refractivity contribution in [1.82, 2.24) is 9.62 Å². The highest BCUT2D eigenvalue weighted by Gasteiger charge is 2.38. The number of nitrogens with one attached hydrogen (secondary N) is 1. The van der Waals surface area contributed by atoms with Crippen LogP contribution >= 0.6 is 23.2 Å². The van der Waals surface area contributed by atoms with Crippen molar-refractivity contribution < 1.29 is 26.7 Å².